The molecule has 7 heteroatoms. The summed E-state index contributed by atoms with van der Waals surface area (Å²) in [6, 6.07) is 5.97. The van der Waals surface area contributed by atoms with Crippen LogP contribution in [0.15, 0.2) is 29.2 Å². The smallest absolute Gasteiger partial charge is 0.243 e. The van der Waals surface area contributed by atoms with Crippen LogP contribution in [0.5, 0.6) is 5.75 Å². The lowest BCUT2D eigenvalue weighted by molar-refractivity contribution is -0.135. The molecule has 2 heterocycles. The first-order valence-electron chi connectivity index (χ1n) is 9.93. The Morgan fingerprint density at radius 1 is 1.07 bits per heavy atom. The number of benzene rings is 1. The molecule has 1 unspecified atom stereocenters. The molecule has 150 valence electrons. The van der Waals surface area contributed by atoms with Crippen molar-refractivity contribution in [2.45, 2.75) is 56.9 Å². The van der Waals surface area contributed by atoms with Gasteiger partial charge in [0.2, 0.25) is 15.9 Å². The van der Waals surface area contributed by atoms with Crippen molar-refractivity contribution in [2.75, 3.05) is 26.2 Å². The van der Waals surface area contributed by atoms with Crippen molar-refractivity contribution in [3.05, 3.63) is 24.3 Å². The van der Waals surface area contributed by atoms with Gasteiger partial charge in [0.25, 0.3) is 0 Å². The molecule has 0 radical (unpaired) electrons. The predicted molar refractivity (Wildman–Crippen MR) is 104 cm³/mol. The quantitative estimate of drug-likeness (QED) is 0.744. The second-order valence-electron chi connectivity index (χ2n) is 7.84. The number of amides is 1. The summed E-state index contributed by atoms with van der Waals surface area (Å²) in [7, 11) is -3.70. The fourth-order valence-corrected chi connectivity index (χ4v) is 5.34. The summed E-state index contributed by atoms with van der Waals surface area (Å²) in [5, 5.41) is 0. The van der Waals surface area contributed by atoms with Gasteiger partial charge < -0.3 is 9.64 Å². The monoisotopic (exact) mass is 394 g/mol. The zero-order valence-corrected chi connectivity index (χ0v) is 17.1. The lowest BCUT2D eigenvalue weighted by atomic mass is 10.0. The number of hydrogen-bond acceptors (Lipinski definition) is 4. The van der Waals surface area contributed by atoms with Gasteiger partial charge in [-0.1, -0.05) is 20.3 Å². The van der Waals surface area contributed by atoms with E-state index >= 15 is 0 Å². The zero-order valence-electron chi connectivity index (χ0n) is 16.3. The van der Waals surface area contributed by atoms with Crippen LogP contribution >= 0.6 is 0 Å². The van der Waals surface area contributed by atoms with Crippen molar-refractivity contribution in [1.82, 2.24) is 9.21 Å². The first-order chi connectivity index (χ1) is 12.9. The van der Waals surface area contributed by atoms with E-state index in [1.165, 1.54) is 4.31 Å². The molecule has 1 atom stereocenters. The number of sulfonamides is 1. The molecule has 0 aromatic heterocycles. The average molecular weight is 395 g/mol. The summed E-state index contributed by atoms with van der Waals surface area (Å²) in [6.45, 7) is 6.60. The molecule has 6 nitrogen and oxygen atoms in total. The van der Waals surface area contributed by atoms with Gasteiger partial charge in [-0.3, -0.25) is 4.79 Å². The van der Waals surface area contributed by atoms with E-state index in [9.17, 15) is 13.2 Å². The van der Waals surface area contributed by atoms with Gasteiger partial charge in [0, 0.05) is 19.6 Å². The highest BCUT2D eigenvalue weighted by Gasteiger charge is 2.39. The minimum absolute atomic E-state index is 0.0346. The van der Waals surface area contributed by atoms with Crippen LogP contribution in [0, 0.1) is 5.92 Å². The van der Waals surface area contributed by atoms with Crippen molar-refractivity contribution in [1.29, 1.82) is 0 Å². The average Bonchev–Trinajstić information content (AvgIpc) is 3.21. The predicted octanol–water partition coefficient (Wildman–Crippen LogP) is 2.89. The largest absolute Gasteiger partial charge is 0.493 e. The molecule has 1 aromatic carbocycles. The van der Waals surface area contributed by atoms with E-state index in [1.54, 1.807) is 24.3 Å². The second-order valence-corrected chi connectivity index (χ2v) is 9.73. The maximum atomic E-state index is 13.2. The third-order valence-electron chi connectivity index (χ3n) is 5.17. The molecule has 1 amide bonds. The summed E-state index contributed by atoms with van der Waals surface area (Å²) in [4.78, 5) is 14.9. The molecule has 0 aliphatic carbocycles. The normalized spacial score (nSPS) is 21.6. The zero-order chi connectivity index (χ0) is 19.4. The molecule has 2 fully saturated rings. The summed E-state index contributed by atoms with van der Waals surface area (Å²) in [5.41, 5.74) is 0. The van der Waals surface area contributed by atoms with Gasteiger partial charge in [-0.2, -0.15) is 4.31 Å². The summed E-state index contributed by atoms with van der Waals surface area (Å²) in [6.07, 6.45) is 4.28. The van der Waals surface area contributed by atoms with Crippen LogP contribution in [0.4, 0.5) is 0 Å². The van der Waals surface area contributed by atoms with Gasteiger partial charge in [0.1, 0.15) is 11.8 Å². The van der Waals surface area contributed by atoms with E-state index in [0.29, 0.717) is 31.2 Å². The Labute approximate surface area is 162 Å². The lowest BCUT2D eigenvalue weighted by Gasteiger charge is -2.35. The van der Waals surface area contributed by atoms with Crippen LogP contribution < -0.4 is 4.74 Å². The summed E-state index contributed by atoms with van der Waals surface area (Å²) >= 11 is 0. The van der Waals surface area contributed by atoms with Gasteiger partial charge in [-0.05, 0) is 55.9 Å². The fraction of sp³-hybridized carbons (Fsp3) is 0.650. The summed E-state index contributed by atoms with van der Waals surface area (Å²) in [5.74, 6) is 1.03. The minimum atomic E-state index is -3.70. The highest BCUT2D eigenvalue weighted by atomic mass is 32.2. The van der Waals surface area contributed by atoms with Gasteiger partial charge in [-0.15, -0.1) is 0 Å². The molecule has 3 rings (SSSR count). The number of rotatable bonds is 6. The van der Waals surface area contributed by atoms with E-state index < -0.39 is 16.1 Å². The molecule has 2 aliphatic heterocycles. The third-order valence-corrected chi connectivity index (χ3v) is 7.09. The molecular weight excluding hydrogens is 364 g/mol. The fourth-order valence-electron chi connectivity index (χ4n) is 3.69. The Morgan fingerprint density at radius 2 is 1.70 bits per heavy atom. The molecule has 27 heavy (non-hydrogen) atoms. The molecule has 0 bridgehead atoms. The maximum absolute atomic E-state index is 13.2. The van der Waals surface area contributed by atoms with Gasteiger partial charge in [-0.25, -0.2) is 8.42 Å². The van der Waals surface area contributed by atoms with E-state index in [4.69, 9.17) is 4.74 Å². The van der Waals surface area contributed by atoms with E-state index in [2.05, 4.69) is 13.8 Å². The first-order valence-corrected chi connectivity index (χ1v) is 11.4. The number of carbonyl (C=O) groups excluding carboxylic acids is 1. The molecular formula is C20H30N2O4S. The molecule has 2 aliphatic rings. The molecule has 0 saturated carbocycles. The molecule has 0 spiro atoms. The summed E-state index contributed by atoms with van der Waals surface area (Å²) < 4.78 is 33.5. The Balaban J connectivity index is 1.77. The van der Waals surface area contributed by atoms with Crippen molar-refractivity contribution >= 4 is 15.9 Å². The third kappa shape index (κ3) is 4.63. The topological polar surface area (TPSA) is 66.9 Å². The van der Waals surface area contributed by atoms with Crippen molar-refractivity contribution in [3.8, 4) is 5.75 Å². The maximum Gasteiger partial charge on any atom is 0.243 e. The van der Waals surface area contributed by atoms with E-state index in [-0.39, 0.29) is 10.8 Å². The number of hydrogen-bond donors (Lipinski definition) is 0. The second kappa shape index (κ2) is 8.61. The van der Waals surface area contributed by atoms with Crippen LogP contribution in [-0.2, 0) is 14.8 Å². The van der Waals surface area contributed by atoms with Crippen molar-refractivity contribution < 1.29 is 17.9 Å². The van der Waals surface area contributed by atoms with Crippen LogP contribution in [0.3, 0.4) is 0 Å². The SMILES string of the molecule is CC(C)COc1ccc(S(=O)(=O)N2CCCCC2C(=O)N2CCCC2)cc1. The Hall–Kier alpha value is -1.60. The molecule has 2 saturated heterocycles. The van der Waals surface area contributed by atoms with E-state index in [1.807, 2.05) is 4.90 Å². The molecule has 1 aromatic rings. The number of nitrogens with zero attached hydrogens (tertiary/aromatic N) is 2. The van der Waals surface area contributed by atoms with Crippen LogP contribution in [-0.4, -0.2) is 55.8 Å². The van der Waals surface area contributed by atoms with Crippen molar-refractivity contribution in [2.24, 2.45) is 5.92 Å². The van der Waals surface area contributed by atoms with Gasteiger partial charge >= 0.3 is 0 Å². The first kappa shape index (κ1) is 20.1. The van der Waals surface area contributed by atoms with Crippen LogP contribution in [0.25, 0.3) is 0 Å². The minimum Gasteiger partial charge on any atom is -0.493 e. The van der Waals surface area contributed by atoms with Crippen LogP contribution in [0.1, 0.15) is 46.0 Å². The Bertz CT molecular complexity index is 740. The highest BCUT2D eigenvalue weighted by Crippen LogP contribution is 2.28. The Morgan fingerprint density at radius 3 is 2.33 bits per heavy atom. The number of likely N-dealkylation sites (tertiary alicyclic amines) is 1. The van der Waals surface area contributed by atoms with Gasteiger partial charge in [0.15, 0.2) is 0 Å². The van der Waals surface area contributed by atoms with Gasteiger partial charge in [0.05, 0.1) is 11.5 Å². The standard InChI is InChI=1S/C20H30N2O4S/c1-16(2)15-26-17-8-10-18(11-9-17)27(24,25)22-14-4-3-7-19(22)20(23)21-12-5-6-13-21/h8-11,16,19H,3-7,12-15H2,1-2H3. The van der Waals surface area contributed by atoms with Crippen LogP contribution in [0.2, 0.25) is 0 Å². The highest BCUT2D eigenvalue weighted by molar-refractivity contribution is 7.89. The Kier molecular flexibility index (Phi) is 6.42. The lowest BCUT2D eigenvalue weighted by Crippen LogP contribution is -2.52. The molecule has 0 N–H and O–H groups in total. The van der Waals surface area contributed by atoms with E-state index in [0.717, 1.165) is 38.8 Å². The van der Waals surface area contributed by atoms with Crippen molar-refractivity contribution in [3.63, 3.8) is 0 Å². The number of ether oxygens (including phenoxy) is 1. The number of piperidine rings is 1. The number of carbonyl (C=O) groups is 1.